The second-order valence-electron chi connectivity index (χ2n) is 6.05. The van der Waals surface area contributed by atoms with E-state index in [1.165, 1.54) is 44.2 Å². The Morgan fingerprint density at radius 1 is 1.16 bits per heavy atom. The average molecular weight is 264 g/mol. The summed E-state index contributed by atoms with van der Waals surface area (Å²) in [6.45, 7) is 3.77. The molecule has 1 unspecified atom stereocenters. The predicted octanol–water partition coefficient (Wildman–Crippen LogP) is 4.84. The standard InChI is InChI=1S/C17H25FO/c1-12-10-15(18)11-13(2)17(12)16(19)9-8-14-6-4-3-5-7-14/h10-11,14,16,19H,3-9H2,1-2H3. The van der Waals surface area contributed by atoms with Crippen LogP contribution in [-0.4, -0.2) is 5.11 Å². The first-order valence-corrected chi connectivity index (χ1v) is 7.52. The molecule has 1 aliphatic rings. The lowest BCUT2D eigenvalue weighted by molar-refractivity contribution is 0.150. The first-order chi connectivity index (χ1) is 9.08. The molecule has 0 heterocycles. The Labute approximate surface area is 115 Å². The van der Waals surface area contributed by atoms with Gasteiger partial charge in [-0.2, -0.15) is 0 Å². The highest BCUT2D eigenvalue weighted by molar-refractivity contribution is 5.35. The Balaban J connectivity index is 1.97. The minimum Gasteiger partial charge on any atom is -0.388 e. The van der Waals surface area contributed by atoms with Crippen LogP contribution in [0, 0.1) is 25.6 Å². The van der Waals surface area contributed by atoms with Crippen molar-refractivity contribution in [3.63, 3.8) is 0 Å². The van der Waals surface area contributed by atoms with Gasteiger partial charge in [-0.3, -0.25) is 0 Å². The summed E-state index contributed by atoms with van der Waals surface area (Å²) in [5, 5.41) is 10.4. The molecule has 1 saturated carbocycles. The van der Waals surface area contributed by atoms with Crippen molar-refractivity contribution in [2.24, 2.45) is 5.92 Å². The summed E-state index contributed by atoms with van der Waals surface area (Å²) in [6.07, 6.45) is 8.14. The van der Waals surface area contributed by atoms with Gasteiger partial charge in [0.1, 0.15) is 5.82 Å². The highest BCUT2D eigenvalue weighted by Gasteiger charge is 2.18. The Kier molecular flexibility index (Phi) is 4.98. The Hall–Kier alpha value is -0.890. The Bertz CT molecular complexity index is 398. The molecule has 1 fully saturated rings. The van der Waals surface area contributed by atoms with Crippen molar-refractivity contribution in [2.75, 3.05) is 0 Å². The van der Waals surface area contributed by atoms with E-state index in [2.05, 4.69) is 0 Å². The first-order valence-electron chi connectivity index (χ1n) is 7.52. The van der Waals surface area contributed by atoms with Crippen LogP contribution < -0.4 is 0 Å². The molecule has 0 spiro atoms. The monoisotopic (exact) mass is 264 g/mol. The van der Waals surface area contributed by atoms with Crippen LogP contribution in [0.1, 0.15) is 67.7 Å². The maximum Gasteiger partial charge on any atom is 0.123 e. The number of aliphatic hydroxyl groups excluding tert-OH is 1. The van der Waals surface area contributed by atoms with Gasteiger partial charge in [0.05, 0.1) is 6.10 Å². The van der Waals surface area contributed by atoms with Gasteiger partial charge in [-0.25, -0.2) is 4.39 Å². The topological polar surface area (TPSA) is 20.2 Å². The molecule has 19 heavy (non-hydrogen) atoms. The van der Waals surface area contributed by atoms with Gasteiger partial charge in [-0.1, -0.05) is 32.1 Å². The van der Waals surface area contributed by atoms with E-state index in [-0.39, 0.29) is 5.82 Å². The summed E-state index contributed by atoms with van der Waals surface area (Å²) >= 11 is 0. The van der Waals surface area contributed by atoms with Crippen molar-refractivity contribution in [1.82, 2.24) is 0 Å². The van der Waals surface area contributed by atoms with Crippen LogP contribution in [0.25, 0.3) is 0 Å². The molecule has 1 nitrogen and oxygen atoms in total. The minimum atomic E-state index is -0.442. The molecule has 2 heteroatoms. The van der Waals surface area contributed by atoms with E-state index in [0.29, 0.717) is 0 Å². The zero-order chi connectivity index (χ0) is 13.8. The predicted molar refractivity (Wildman–Crippen MR) is 76.6 cm³/mol. The van der Waals surface area contributed by atoms with Crippen LogP contribution >= 0.6 is 0 Å². The molecular formula is C17H25FO. The molecule has 1 N–H and O–H groups in total. The molecule has 1 atom stereocenters. The normalized spacial score (nSPS) is 18.5. The van der Waals surface area contributed by atoms with Crippen molar-refractivity contribution in [3.8, 4) is 0 Å². The van der Waals surface area contributed by atoms with Crippen molar-refractivity contribution in [1.29, 1.82) is 0 Å². The van der Waals surface area contributed by atoms with E-state index < -0.39 is 6.10 Å². The molecule has 0 bridgehead atoms. The molecule has 1 aromatic carbocycles. The minimum absolute atomic E-state index is 0.210. The van der Waals surface area contributed by atoms with Gasteiger partial charge in [-0.05, 0) is 61.4 Å². The second kappa shape index (κ2) is 6.51. The highest BCUT2D eigenvalue weighted by Crippen LogP contribution is 2.32. The first kappa shape index (κ1) is 14.5. The van der Waals surface area contributed by atoms with Gasteiger partial charge in [0.25, 0.3) is 0 Å². The van der Waals surface area contributed by atoms with Crippen molar-refractivity contribution < 1.29 is 9.50 Å². The lowest BCUT2D eigenvalue weighted by Crippen LogP contribution is -2.10. The van der Waals surface area contributed by atoms with Gasteiger partial charge in [0, 0.05) is 0 Å². The average Bonchev–Trinajstić information content (AvgIpc) is 2.36. The third kappa shape index (κ3) is 3.79. The number of aliphatic hydroxyl groups is 1. The van der Waals surface area contributed by atoms with E-state index in [1.54, 1.807) is 0 Å². The van der Waals surface area contributed by atoms with Crippen molar-refractivity contribution >= 4 is 0 Å². The lowest BCUT2D eigenvalue weighted by Gasteiger charge is -2.23. The number of aryl methyl sites for hydroxylation is 2. The van der Waals surface area contributed by atoms with Crippen LogP contribution in [0.15, 0.2) is 12.1 Å². The summed E-state index contributed by atoms with van der Waals surface area (Å²) in [7, 11) is 0. The fraction of sp³-hybridized carbons (Fsp3) is 0.647. The van der Waals surface area contributed by atoms with E-state index in [4.69, 9.17) is 0 Å². The van der Waals surface area contributed by atoms with E-state index in [1.807, 2.05) is 13.8 Å². The number of benzene rings is 1. The molecule has 106 valence electrons. The molecule has 0 aliphatic heterocycles. The van der Waals surface area contributed by atoms with Crippen LogP contribution in [0.2, 0.25) is 0 Å². The largest absolute Gasteiger partial charge is 0.388 e. The molecule has 0 radical (unpaired) electrons. The third-order valence-electron chi connectivity index (χ3n) is 4.46. The van der Waals surface area contributed by atoms with E-state index in [9.17, 15) is 9.50 Å². The zero-order valence-electron chi connectivity index (χ0n) is 12.1. The molecule has 0 aromatic heterocycles. The summed E-state index contributed by atoms with van der Waals surface area (Å²) in [5.74, 6) is 0.572. The van der Waals surface area contributed by atoms with E-state index >= 15 is 0 Å². The summed E-state index contributed by atoms with van der Waals surface area (Å²) in [6, 6.07) is 3.04. The smallest absolute Gasteiger partial charge is 0.123 e. The molecular weight excluding hydrogens is 239 g/mol. The van der Waals surface area contributed by atoms with Gasteiger partial charge < -0.3 is 5.11 Å². The summed E-state index contributed by atoms with van der Waals surface area (Å²) in [4.78, 5) is 0. The molecule has 0 amide bonds. The Morgan fingerprint density at radius 3 is 2.32 bits per heavy atom. The fourth-order valence-electron chi connectivity index (χ4n) is 3.46. The Morgan fingerprint density at radius 2 is 1.74 bits per heavy atom. The van der Waals surface area contributed by atoms with Crippen molar-refractivity contribution in [3.05, 3.63) is 34.6 Å². The molecule has 2 rings (SSSR count). The fourth-order valence-corrected chi connectivity index (χ4v) is 3.46. The molecule has 1 aliphatic carbocycles. The van der Waals surface area contributed by atoms with Gasteiger partial charge in [-0.15, -0.1) is 0 Å². The highest BCUT2D eigenvalue weighted by atomic mass is 19.1. The van der Waals surface area contributed by atoms with Crippen LogP contribution in [0.3, 0.4) is 0 Å². The van der Waals surface area contributed by atoms with Gasteiger partial charge in [0.2, 0.25) is 0 Å². The lowest BCUT2D eigenvalue weighted by atomic mass is 9.84. The number of hydrogen-bond donors (Lipinski definition) is 1. The van der Waals surface area contributed by atoms with Crippen LogP contribution in [0.5, 0.6) is 0 Å². The third-order valence-corrected chi connectivity index (χ3v) is 4.46. The SMILES string of the molecule is Cc1cc(F)cc(C)c1C(O)CCC1CCCCC1. The van der Waals surface area contributed by atoms with Gasteiger partial charge >= 0.3 is 0 Å². The maximum absolute atomic E-state index is 13.3. The number of hydrogen-bond acceptors (Lipinski definition) is 1. The number of rotatable bonds is 4. The maximum atomic E-state index is 13.3. The van der Waals surface area contributed by atoms with Crippen molar-refractivity contribution in [2.45, 2.75) is 64.9 Å². The van der Waals surface area contributed by atoms with Crippen LogP contribution in [-0.2, 0) is 0 Å². The van der Waals surface area contributed by atoms with Gasteiger partial charge in [0.15, 0.2) is 0 Å². The molecule has 1 aromatic rings. The number of halogens is 1. The summed E-state index contributed by atoms with van der Waals surface area (Å²) in [5.41, 5.74) is 2.67. The zero-order valence-corrected chi connectivity index (χ0v) is 12.1. The quantitative estimate of drug-likeness (QED) is 0.825. The van der Waals surface area contributed by atoms with Crippen LogP contribution in [0.4, 0.5) is 4.39 Å². The second-order valence-corrected chi connectivity index (χ2v) is 6.05. The summed E-state index contributed by atoms with van der Waals surface area (Å²) < 4.78 is 13.3. The van der Waals surface area contributed by atoms with E-state index in [0.717, 1.165) is 35.4 Å². The molecule has 0 saturated heterocycles.